The fourth-order valence-corrected chi connectivity index (χ4v) is 6.33. The predicted molar refractivity (Wildman–Crippen MR) is 217 cm³/mol. The number of hydrogen-bond donors (Lipinski definition) is 3. The van der Waals surface area contributed by atoms with E-state index in [1.165, 1.54) is 96.3 Å². The third-order valence-corrected chi connectivity index (χ3v) is 9.84. The maximum Gasteiger partial charge on any atom is 0.472 e. The first-order valence-electron chi connectivity index (χ1n) is 21.0. The van der Waals surface area contributed by atoms with Crippen LogP contribution in [0.4, 0.5) is 0 Å². The second kappa shape index (κ2) is 37.6. The molecule has 0 aliphatic heterocycles. The van der Waals surface area contributed by atoms with Crippen molar-refractivity contribution >= 4 is 25.7 Å². The molecule has 0 saturated heterocycles. The van der Waals surface area contributed by atoms with Crippen LogP contribution in [-0.4, -0.2) is 59.9 Å². The number of hydrogen-bond acceptors (Lipinski definition) is 9. The first-order chi connectivity index (χ1) is 26.1. The molecule has 0 saturated carbocycles. The first kappa shape index (κ1) is 51.7. The number of ether oxygens (including phenoxy) is 2. The summed E-state index contributed by atoms with van der Waals surface area (Å²) in [6, 6.07) is -1.53. The van der Waals surface area contributed by atoms with E-state index >= 15 is 0 Å². The number of allylic oxidation sites excluding steroid dienone is 6. The quantitative estimate of drug-likeness (QED) is 0.0234. The monoisotopic (exact) mass is 786 g/mol. The molecular weight excluding hydrogens is 709 g/mol. The van der Waals surface area contributed by atoms with Crippen LogP contribution in [0.2, 0.25) is 0 Å². The minimum Gasteiger partial charge on any atom is -0.480 e. The summed E-state index contributed by atoms with van der Waals surface area (Å²) in [6.45, 7) is 2.74. The number of rotatable bonds is 39. The highest BCUT2D eigenvalue weighted by atomic mass is 31.2. The van der Waals surface area contributed by atoms with Gasteiger partial charge in [0.2, 0.25) is 0 Å². The zero-order valence-electron chi connectivity index (χ0n) is 33.8. The van der Waals surface area contributed by atoms with Gasteiger partial charge in [-0.1, -0.05) is 159 Å². The molecular formula is C42H76NO10P. The molecule has 0 heterocycles. The van der Waals surface area contributed by atoms with Gasteiger partial charge in [-0.05, 0) is 44.9 Å². The van der Waals surface area contributed by atoms with Crippen molar-refractivity contribution in [3.05, 3.63) is 36.5 Å². The Morgan fingerprint density at radius 3 is 1.52 bits per heavy atom. The van der Waals surface area contributed by atoms with Gasteiger partial charge in [-0.25, -0.2) is 4.57 Å². The number of carbonyl (C=O) groups excluding carboxylic acids is 2. The Morgan fingerprint density at radius 2 is 1.00 bits per heavy atom. The molecule has 4 N–H and O–H groups in total. The third-order valence-electron chi connectivity index (χ3n) is 8.89. The largest absolute Gasteiger partial charge is 0.480 e. The summed E-state index contributed by atoms with van der Waals surface area (Å²) in [4.78, 5) is 45.8. The van der Waals surface area contributed by atoms with Crippen molar-refractivity contribution < 1.29 is 47.5 Å². The number of nitrogens with two attached hydrogens (primary N) is 1. The highest BCUT2D eigenvalue weighted by Crippen LogP contribution is 2.43. The molecule has 12 heteroatoms. The average Bonchev–Trinajstić information content (AvgIpc) is 3.14. The lowest BCUT2D eigenvalue weighted by atomic mass is 10.0. The molecule has 0 spiro atoms. The summed E-state index contributed by atoms with van der Waals surface area (Å²) in [6.07, 6.45) is 39.3. The van der Waals surface area contributed by atoms with E-state index in [1.807, 2.05) is 6.08 Å². The Balaban J connectivity index is 4.46. The molecule has 54 heavy (non-hydrogen) atoms. The van der Waals surface area contributed by atoms with Crippen LogP contribution in [0.15, 0.2) is 36.5 Å². The minimum atomic E-state index is -4.72. The number of aliphatic carboxylic acids is 1. The Bertz CT molecular complexity index is 1060. The lowest BCUT2D eigenvalue weighted by Crippen LogP contribution is -2.34. The molecule has 0 aromatic rings. The molecule has 0 amide bonds. The molecule has 0 aromatic carbocycles. The molecule has 0 aromatic heterocycles. The van der Waals surface area contributed by atoms with E-state index in [1.54, 1.807) is 0 Å². The fourth-order valence-electron chi connectivity index (χ4n) is 5.55. The van der Waals surface area contributed by atoms with Gasteiger partial charge in [0.15, 0.2) is 6.10 Å². The summed E-state index contributed by atoms with van der Waals surface area (Å²) in [5.41, 5.74) is 5.32. The molecule has 314 valence electrons. The number of phosphoric ester groups is 1. The summed E-state index contributed by atoms with van der Waals surface area (Å²) in [7, 11) is -4.72. The standard InChI is InChI=1S/C42H76NO10P/c1-3-5-7-9-11-13-15-17-18-19-20-22-23-25-27-29-31-33-40(44)50-35-38(36-51-54(48,49)52-37-39(43)42(46)47)53-41(45)34-32-30-28-26-24-21-16-14-12-10-8-6-4-2/h17-18,20,22,25,27,38-39H,3-16,19,21,23-24,26,28-37,43H2,1-2H3,(H,46,47)(H,48,49)/b18-17-,22-20-,27-25-/t38-,39+/m1/s1. The molecule has 0 fully saturated rings. The van der Waals surface area contributed by atoms with E-state index in [-0.39, 0.29) is 19.4 Å². The van der Waals surface area contributed by atoms with E-state index in [2.05, 4.69) is 48.8 Å². The predicted octanol–water partition coefficient (Wildman–Crippen LogP) is 10.8. The van der Waals surface area contributed by atoms with Gasteiger partial charge in [0.05, 0.1) is 13.2 Å². The average molecular weight is 786 g/mol. The lowest BCUT2D eigenvalue weighted by Gasteiger charge is -2.20. The molecule has 0 bridgehead atoms. The van der Waals surface area contributed by atoms with Crippen molar-refractivity contribution in [2.24, 2.45) is 5.73 Å². The van der Waals surface area contributed by atoms with Crippen LogP contribution in [0.3, 0.4) is 0 Å². The molecule has 0 rings (SSSR count). The van der Waals surface area contributed by atoms with Crippen LogP contribution in [0.25, 0.3) is 0 Å². The van der Waals surface area contributed by atoms with E-state index in [4.69, 9.17) is 24.8 Å². The van der Waals surface area contributed by atoms with Crippen molar-refractivity contribution in [1.29, 1.82) is 0 Å². The van der Waals surface area contributed by atoms with Crippen LogP contribution >= 0.6 is 7.82 Å². The molecule has 3 atom stereocenters. The van der Waals surface area contributed by atoms with E-state index < -0.39 is 51.1 Å². The summed E-state index contributed by atoms with van der Waals surface area (Å²) in [5.74, 6) is -2.44. The summed E-state index contributed by atoms with van der Waals surface area (Å²) >= 11 is 0. The number of carbonyl (C=O) groups is 3. The van der Waals surface area contributed by atoms with E-state index in [0.29, 0.717) is 19.3 Å². The summed E-state index contributed by atoms with van der Waals surface area (Å²) < 4.78 is 32.6. The second-order valence-electron chi connectivity index (χ2n) is 14.1. The van der Waals surface area contributed by atoms with Gasteiger partial charge in [0.25, 0.3) is 0 Å². The van der Waals surface area contributed by atoms with Gasteiger partial charge in [-0.2, -0.15) is 0 Å². The van der Waals surface area contributed by atoms with Gasteiger partial charge in [-0.15, -0.1) is 0 Å². The number of carboxylic acids is 1. The lowest BCUT2D eigenvalue weighted by molar-refractivity contribution is -0.161. The van der Waals surface area contributed by atoms with Crippen LogP contribution in [0.5, 0.6) is 0 Å². The topological polar surface area (TPSA) is 172 Å². The molecule has 0 aliphatic rings. The van der Waals surface area contributed by atoms with Gasteiger partial charge < -0.3 is 25.2 Å². The first-order valence-corrected chi connectivity index (χ1v) is 22.5. The zero-order chi connectivity index (χ0) is 40.0. The zero-order valence-corrected chi connectivity index (χ0v) is 34.7. The van der Waals surface area contributed by atoms with E-state index in [9.17, 15) is 23.8 Å². The smallest absolute Gasteiger partial charge is 0.472 e. The molecule has 11 nitrogen and oxygen atoms in total. The van der Waals surface area contributed by atoms with Gasteiger partial charge in [-0.3, -0.25) is 23.4 Å². The molecule has 0 aliphatic carbocycles. The Kier molecular flexibility index (Phi) is 36.0. The maximum atomic E-state index is 12.6. The molecule has 1 unspecified atom stereocenters. The number of phosphoric acid groups is 1. The number of carboxylic acid groups (broad SMARTS) is 1. The maximum absolute atomic E-state index is 12.6. The normalized spacial score (nSPS) is 14.1. The SMILES string of the molecule is CCCCCCCC/C=C\C/C=C\C/C=C\CCCC(=O)OC[C@H](COP(=O)(O)OC[C@H](N)C(=O)O)OC(=O)CCCCCCCCCCCCCCC. The van der Waals surface area contributed by atoms with Crippen molar-refractivity contribution in [3.8, 4) is 0 Å². The Hall–Kier alpha value is -2.30. The Morgan fingerprint density at radius 1 is 0.574 bits per heavy atom. The van der Waals surface area contributed by atoms with Crippen LogP contribution < -0.4 is 5.73 Å². The highest BCUT2D eigenvalue weighted by molar-refractivity contribution is 7.47. The summed E-state index contributed by atoms with van der Waals surface area (Å²) in [5, 5.41) is 8.87. The fraction of sp³-hybridized carbons (Fsp3) is 0.786. The van der Waals surface area contributed by atoms with Gasteiger partial charge in [0, 0.05) is 12.8 Å². The van der Waals surface area contributed by atoms with E-state index in [0.717, 1.165) is 38.5 Å². The van der Waals surface area contributed by atoms with Gasteiger partial charge in [0.1, 0.15) is 12.6 Å². The van der Waals surface area contributed by atoms with Crippen LogP contribution in [-0.2, 0) is 37.5 Å². The van der Waals surface area contributed by atoms with Crippen molar-refractivity contribution in [1.82, 2.24) is 0 Å². The second-order valence-corrected chi connectivity index (χ2v) is 15.6. The highest BCUT2D eigenvalue weighted by Gasteiger charge is 2.28. The minimum absolute atomic E-state index is 0.152. The van der Waals surface area contributed by atoms with Crippen LogP contribution in [0, 0.1) is 0 Å². The number of unbranched alkanes of at least 4 members (excludes halogenated alkanes) is 19. The van der Waals surface area contributed by atoms with Gasteiger partial charge >= 0.3 is 25.7 Å². The molecule has 0 radical (unpaired) electrons. The Labute approximate surface area is 327 Å². The number of esters is 2. The van der Waals surface area contributed by atoms with Crippen molar-refractivity contribution in [2.75, 3.05) is 19.8 Å². The van der Waals surface area contributed by atoms with Crippen molar-refractivity contribution in [2.45, 2.75) is 193 Å². The van der Waals surface area contributed by atoms with Crippen molar-refractivity contribution in [3.63, 3.8) is 0 Å². The van der Waals surface area contributed by atoms with Crippen LogP contribution in [0.1, 0.15) is 181 Å². The third kappa shape index (κ3) is 36.7.